The highest BCUT2D eigenvalue weighted by molar-refractivity contribution is 5.16. The molecule has 0 aromatic carbocycles. The predicted octanol–water partition coefficient (Wildman–Crippen LogP) is 4.21. The summed E-state index contributed by atoms with van der Waals surface area (Å²) < 4.78 is 0. The van der Waals surface area contributed by atoms with Gasteiger partial charge in [-0.2, -0.15) is 0 Å². The van der Waals surface area contributed by atoms with Crippen molar-refractivity contribution < 1.29 is 0 Å². The first-order chi connectivity index (χ1) is 8.25. The van der Waals surface area contributed by atoms with Crippen LogP contribution in [0.2, 0.25) is 0 Å². The number of hydrogen-bond donors (Lipinski definition) is 0. The third-order valence-corrected chi connectivity index (χ3v) is 8.15. The Bertz CT molecular complexity index is 359. The van der Waals surface area contributed by atoms with Crippen molar-refractivity contribution in [3.05, 3.63) is 0 Å². The molecule has 10 atom stereocenters. The minimum atomic E-state index is 1.07. The Labute approximate surface area is 106 Å². The molecule has 0 aromatic heterocycles. The van der Waals surface area contributed by atoms with Crippen LogP contribution in [-0.2, 0) is 0 Å². The number of fused-ring (bicyclic) bond motifs is 12. The topological polar surface area (TPSA) is 0 Å². The van der Waals surface area contributed by atoms with E-state index in [9.17, 15) is 0 Å². The second-order valence-corrected chi connectivity index (χ2v) is 8.39. The zero-order valence-electron chi connectivity index (χ0n) is 11.3. The maximum Gasteiger partial charge on any atom is -0.0318 e. The van der Waals surface area contributed by atoms with Gasteiger partial charge in [-0.3, -0.25) is 0 Å². The maximum atomic E-state index is 2.57. The Morgan fingerprint density at radius 2 is 1.47 bits per heavy atom. The van der Waals surface area contributed by atoms with Crippen LogP contribution in [0.1, 0.15) is 46.0 Å². The van der Waals surface area contributed by atoms with Gasteiger partial charge in [-0.15, -0.1) is 0 Å². The molecule has 0 nitrogen and oxygen atoms in total. The average Bonchev–Trinajstić information content (AvgIpc) is 2.99. The smallest absolute Gasteiger partial charge is 0.0318 e. The van der Waals surface area contributed by atoms with E-state index in [4.69, 9.17) is 0 Å². The summed E-state index contributed by atoms with van der Waals surface area (Å²) in [5.41, 5.74) is 0. The minimum Gasteiger partial charge on any atom is -0.0622 e. The molecule has 0 heteroatoms. The Kier molecular flexibility index (Phi) is 1.71. The molecule has 5 rings (SSSR count). The first-order valence-electron chi connectivity index (χ1n) is 8.25. The quantitative estimate of drug-likeness (QED) is 0.547. The van der Waals surface area contributed by atoms with Crippen LogP contribution in [0.3, 0.4) is 0 Å². The molecule has 5 aliphatic carbocycles. The van der Waals surface area contributed by atoms with Crippen molar-refractivity contribution in [3.63, 3.8) is 0 Å². The summed E-state index contributed by atoms with van der Waals surface area (Å²) in [6.45, 7) is 5.12. The van der Waals surface area contributed by atoms with Crippen LogP contribution in [-0.4, -0.2) is 0 Å². The van der Waals surface area contributed by atoms with Crippen molar-refractivity contribution in [2.24, 2.45) is 59.2 Å². The fourth-order valence-electron chi connectivity index (χ4n) is 8.02. The van der Waals surface area contributed by atoms with Crippen LogP contribution in [0.15, 0.2) is 0 Å². The summed E-state index contributed by atoms with van der Waals surface area (Å²) in [5, 5.41) is 0. The first-order valence-corrected chi connectivity index (χ1v) is 8.25. The molecule has 0 N–H and O–H groups in total. The zero-order chi connectivity index (χ0) is 11.3. The summed E-state index contributed by atoms with van der Waals surface area (Å²) in [4.78, 5) is 0. The highest BCUT2D eigenvalue weighted by Gasteiger charge is 2.67. The van der Waals surface area contributed by atoms with Gasteiger partial charge in [0.2, 0.25) is 0 Å². The molecule has 0 heterocycles. The lowest BCUT2D eigenvalue weighted by molar-refractivity contribution is 0.0395. The Morgan fingerprint density at radius 3 is 2.35 bits per heavy atom. The molecule has 0 spiro atoms. The van der Waals surface area contributed by atoms with E-state index < -0.39 is 0 Å². The molecular weight excluding hydrogens is 204 g/mol. The monoisotopic (exact) mass is 230 g/mol. The largest absolute Gasteiger partial charge is 0.0622 e. The molecule has 0 radical (unpaired) electrons. The van der Waals surface area contributed by atoms with Gasteiger partial charge in [-0.1, -0.05) is 20.3 Å². The van der Waals surface area contributed by atoms with Crippen molar-refractivity contribution in [2.45, 2.75) is 46.0 Å². The van der Waals surface area contributed by atoms with Gasteiger partial charge in [0.1, 0.15) is 0 Å². The van der Waals surface area contributed by atoms with E-state index in [0.717, 1.165) is 17.8 Å². The van der Waals surface area contributed by atoms with Crippen molar-refractivity contribution in [2.75, 3.05) is 0 Å². The van der Waals surface area contributed by atoms with Crippen LogP contribution in [0.5, 0.6) is 0 Å². The van der Waals surface area contributed by atoms with Gasteiger partial charge in [0, 0.05) is 0 Å². The van der Waals surface area contributed by atoms with Crippen molar-refractivity contribution in [3.8, 4) is 0 Å². The number of hydrogen-bond acceptors (Lipinski definition) is 0. The maximum absolute atomic E-state index is 2.57. The van der Waals surface area contributed by atoms with Gasteiger partial charge >= 0.3 is 0 Å². The van der Waals surface area contributed by atoms with Crippen LogP contribution in [0.4, 0.5) is 0 Å². The molecule has 0 aliphatic heterocycles. The highest BCUT2D eigenvalue weighted by Crippen LogP contribution is 2.74. The molecule has 5 fully saturated rings. The number of rotatable bonds is 0. The molecule has 0 saturated heterocycles. The highest BCUT2D eigenvalue weighted by atomic mass is 14.7. The van der Waals surface area contributed by atoms with Crippen molar-refractivity contribution in [1.29, 1.82) is 0 Å². The lowest BCUT2D eigenvalue weighted by atomic mass is 9.61. The standard InChI is InChI=1S/C17H26/c1-8-3-4-11-13-7-14(15(8)11)17-12-6-10(16(13)17)5-9(12)2/h8-17H,3-7H2,1-2H3. The molecule has 17 heavy (non-hydrogen) atoms. The fourth-order valence-corrected chi connectivity index (χ4v) is 8.02. The van der Waals surface area contributed by atoms with Gasteiger partial charge in [0.05, 0.1) is 0 Å². The van der Waals surface area contributed by atoms with E-state index >= 15 is 0 Å². The van der Waals surface area contributed by atoms with Crippen LogP contribution >= 0.6 is 0 Å². The summed E-state index contributed by atoms with van der Waals surface area (Å²) in [6.07, 6.45) is 8.06. The van der Waals surface area contributed by atoms with E-state index in [2.05, 4.69) is 13.8 Å². The third kappa shape index (κ3) is 0.965. The Balaban J connectivity index is 1.56. The Hall–Kier alpha value is 0. The lowest BCUT2D eigenvalue weighted by Crippen LogP contribution is -2.39. The summed E-state index contributed by atoms with van der Waals surface area (Å²) in [5.74, 6) is 11.6. The third-order valence-electron chi connectivity index (χ3n) is 8.15. The normalized spacial score (nSPS) is 70.9. The van der Waals surface area contributed by atoms with Crippen molar-refractivity contribution >= 4 is 0 Å². The Morgan fingerprint density at radius 1 is 0.588 bits per heavy atom. The van der Waals surface area contributed by atoms with Crippen LogP contribution in [0, 0.1) is 59.2 Å². The van der Waals surface area contributed by atoms with Gasteiger partial charge in [0.15, 0.2) is 0 Å². The molecule has 0 amide bonds. The van der Waals surface area contributed by atoms with Crippen LogP contribution in [0.25, 0.3) is 0 Å². The summed E-state index contributed by atoms with van der Waals surface area (Å²) >= 11 is 0. The second kappa shape index (κ2) is 2.94. The van der Waals surface area contributed by atoms with Gasteiger partial charge < -0.3 is 0 Å². The molecular formula is C17H26. The molecule has 94 valence electrons. The van der Waals surface area contributed by atoms with Gasteiger partial charge in [-0.25, -0.2) is 0 Å². The van der Waals surface area contributed by atoms with E-state index in [0.29, 0.717) is 0 Å². The fraction of sp³-hybridized carbons (Fsp3) is 1.00. The lowest BCUT2D eigenvalue weighted by Gasteiger charge is -2.43. The van der Waals surface area contributed by atoms with Gasteiger partial charge in [-0.05, 0) is 84.9 Å². The molecule has 10 unspecified atom stereocenters. The molecule has 4 bridgehead atoms. The first kappa shape index (κ1) is 9.87. The second-order valence-electron chi connectivity index (χ2n) is 8.39. The molecule has 0 aromatic rings. The van der Waals surface area contributed by atoms with E-state index in [1.807, 2.05) is 0 Å². The van der Waals surface area contributed by atoms with Gasteiger partial charge in [0.25, 0.3) is 0 Å². The van der Waals surface area contributed by atoms with E-state index in [-0.39, 0.29) is 0 Å². The summed E-state index contributed by atoms with van der Waals surface area (Å²) in [6, 6.07) is 0. The van der Waals surface area contributed by atoms with E-state index in [1.165, 1.54) is 41.4 Å². The predicted molar refractivity (Wildman–Crippen MR) is 69.3 cm³/mol. The van der Waals surface area contributed by atoms with Crippen molar-refractivity contribution in [1.82, 2.24) is 0 Å². The molecule has 5 saturated carbocycles. The van der Waals surface area contributed by atoms with Crippen LogP contribution < -0.4 is 0 Å². The summed E-state index contributed by atoms with van der Waals surface area (Å²) in [7, 11) is 0. The average molecular weight is 230 g/mol. The zero-order valence-corrected chi connectivity index (χ0v) is 11.3. The molecule has 5 aliphatic rings. The van der Waals surface area contributed by atoms with E-state index in [1.54, 1.807) is 32.1 Å². The SMILES string of the molecule is CC1CC2CC1C1C3CC(C4CCC(C)C43)C21. The minimum absolute atomic E-state index is 1.07.